The molecule has 0 fully saturated rings. The number of rotatable bonds is 1. The van der Waals surface area contributed by atoms with Crippen LogP contribution in [0.5, 0.6) is 0 Å². The molecule has 0 unspecified atom stereocenters. The summed E-state index contributed by atoms with van der Waals surface area (Å²) in [6, 6.07) is 8.71. The van der Waals surface area contributed by atoms with Gasteiger partial charge in [-0.1, -0.05) is 33.6 Å². The molecule has 0 atom stereocenters. The molecule has 1 aromatic heterocycles. The van der Waals surface area contributed by atoms with Crippen LogP contribution in [-0.2, 0) is 0 Å². The van der Waals surface area contributed by atoms with E-state index in [1.807, 2.05) is 18.2 Å². The van der Waals surface area contributed by atoms with Crippen molar-refractivity contribution >= 4 is 70.8 Å². The number of pyridine rings is 1. The van der Waals surface area contributed by atoms with Gasteiger partial charge in [0.05, 0.1) is 14.9 Å². The van der Waals surface area contributed by atoms with E-state index in [1.165, 1.54) is 6.07 Å². The first-order valence-corrected chi connectivity index (χ1v) is 7.46. The van der Waals surface area contributed by atoms with Crippen molar-refractivity contribution in [3.05, 3.63) is 54.5 Å². The summed E-state index contributed by atoms with van der Waals surface area (Å²) in [5.41, 5.74) is 0.619. The van der Waals surface area contributed by atoms with Gasteiger partial charge in [0.25, 0.3) is 5.69 Å². The fourth-order valence-electron chi connectivity index (χ4n) is 2.09. The Kier molecular flexibility index (Phi) is 3.40. The number of benzene rings is 2. The summed E-state index contributed by atoms with van der Waals surface area (Å²) in [4.78, 5) is 14.9. The van der Waals surface area contributed by atoms with E-state index < -0.39 is 4.92 Å². The van der Waals surface area contributed by atoms with Crippen molar-refractivity contribution in [2.45, 2.75) is 0 Å². The maximum atomic E-state index is 11.0. The van der Waals surface area contributed by atoms with Crippen LogP contribution in [0.25, 0.3) is 21.7 Å². The summed E-state index contributed by atoms with van der Waals surface area (Å²) < 4.78 is 1.26. The first kappa shape index (κ1) is 13.7. The van der Waals surface area contributed by atoms with Gasteiger partial charge >= 0.3 is 0 Å². The normalized spacial score (nSPS) is 11.2. The van der Waals surface area contributed by atoms with Gasteiger partial charge in [-0.25, -0.2) is 4.98 Å². The second-order valence-electron chi connectivity index (χ2n) is 4.17. The van der Waals surface area contributed by atoms with Crippen LogP contribution in [-0.4, -0.2) is 9.91 Å². The van der Waals surface area contributed by atoms with E-state index in [1.54, 1.807) is 6.07 Å². The number of aromatic nitrogens is 1. The molecule has 0 saturated heterocycles. The molecule has 0 aliphatic heterocycles. The van der Waals surface area contributed by atoms with Gasteiger partial charge in [0, 0.05) is 21.3 Å². The molecule has 20 heavy (non-hydrogen) atoms. The average Bonchev–Trinajstić information content (AvgIpc) is 2.38. The van der Waals surface area contributed by atoms with Gasteiger partial charge in [0.1, 0.15) is 5.15 Å². The number of hydrogen-bond donors (Lipinski definition) is 0. The Morgan fingerprint density at radius 3 is 2.55 bits per heavy atom. The molecule has 0 spiro atoms. The maximum Gasteiger partial charge on any atom is 0.284 e. The number of fused-ring (bicyclic) bond motifs is 3. The van der Waals surface area contributed by atoms with E-state index in [-0.39, 0.29) is 5.69 Å². The molecule has 0 amide bonds. The molecule has 0 radical (unpaired) electrons. The quantitative estimate of drug-likeness (QED) is 0.229. The third-order valence-corrected chi connectivity index (χ3v) is 4.39. The number of halogens is 3. The lowest BCUT2D eigenvalue weighted by atomic mass is 10.1. The van der Waals surface area contributed by atoms with Gasteiger partial charge < -0.3 is 0 Å². The van der Waals surface area contributed by atoms with Crippen molar-refractivity contribution in [3.63, 3.8) is 0 Å². The summed E-state index contributed by atoms with van der Waals surface area (Å²) >= 11 is 12.7. The van der Waals surface area contributed by atoms with E-state index >= 15 is 0 Å². The molecule has 100 valence electrons. The highest BCUT2D eigenvalue weighted by Crippen LogP contribution is 2.36. The summed E-state index contributed by atoms with van der Waals surface area (Å²) in [6.45, 7) is 0. The van der Waals surface area contributed by atoms with E-state index in [0.29, 0.717) is 20.5 Å². The predicted molar refractivity (Wildman–Crippen MR) is 86.3 cm³/mol. The molecule has 0 N–H and O–H groups in total. The fraction of sp³-hybridized carbons (Fsp3) is 0. The van der Waals surface area contributed by atoms with Crippen LogP contribution in [0, 0.1) is 10.1 Å². The van der Waals surface area contributed by atoms with E-state index in [9.17, 15) is 10.1 Å². The Balaban J connectivity index is 2.51. The highest BCUT2D eigenvalue weighted by Gasteiger charge is 2.16. The predicted octanol–water partition coefficient (Wildman–Crippen LogP) is 5.47. The van der Waals surface area contributed by atoms with Crippen LogP contribution in [0.15, 0.2) is 39.3 Å². The fourth-order valence-corrected chi connectivity index (χ4v) is 3.17. The van der Waals surface area contributed by atoms with Gasteiger partial charge in [-0.3, -0.25) is 10.1 Å². The average molecular weight is 416 g/mol. The number of hydrogen-bond acceptors (Lipinski definition) is 3. The molecule has 4 nitrogen and oxygen atoms in total. The minimum Gasteiger partial charge on any atom is -0.258 e. The Bertz CT molecular complexity index is 883. The van der Waals surface area contributed by atoms with Gasteiger partial charge in [-0.2, -0.15) is 0 Å². The maximum absolute atomic E-state index is 11.0. The number of nitrogens with zero attached hydrogens (tertiary/aromatic N) is 2. The Morgan fingerprint density at radius 1 is 1.10 bits per heavy atom. The zero-order valence-electron chi connectivity index (χ0n) is 9.73. The highest BCUT2D eigenvalue weighted by atomic mass is 79.9. The summed E-state index contributed by atoms with van der Waals surface area (Å²) in [5.74, 6) is 0. The second kappa shape index (κ2) is 4.95. The van der Waals surface area contributed by atoms with Crippen molar-refractivity contribution in [1.29, 1.82) is 0 Å². The van der Waals surface area contributed by atoms with Crippen LogP contribution in [0.3, 0.4) is 0 Å². The molecule has 0 bridgehead atoms. The topological polar surface area (TPSA) is 56.0 Å². The van der Waals surface area contributed by atoms with Crippen molar-refractivity contribution in [2.75, 3.05) is 0 Å². The molecule has 0 aliphatic carbocycles. The van der Waals surface area contributed by atoms with Crippen LogP contribution in [0.2, 0.25) is 5.15 Å². The number of nitro benzene ring substituents is 1. The minimum absolute atomic E-state index is 0.00541. The lowest BCUT2D eigenvalue weighted by Crippen LogP contribution is -1.92. The van der Waals surface area contributed by atoms with Crippen LogP contribution in [0.4, 0.5) is 5.69 Å². The standard InChI is InChI=1S/C13H5Br2ClN2O2/c14-6-1-2-7-8-4-12(18(19)20)10(15)5-11(8)17-13(16)9(7)3-6/h1-5H. The summed E-state index contributed by atoms with van der Waals surface area (Å²) in [5, 5.41) is 13.7. The van der Waals surface area contributed by atoms with Crippen molar-refractivity contribution in [2.24, 2.45) is 0 Å². The zero-order chi connectivity index (χ0) is 14.4. The molecule has 3 aromatic rings. The van der Waals surface area contributed by atoms with Crippen LogP contribution < -0.4 is 0 Å². The molecule has 0 aliphatic rings. The zero-order valence-corrected chi connectivity index (χ0v) is 13.7. The first-order valence-electron chi connectivity index (χ1n) is 5.50. The van der Waals surface area contributed by atoms with Crippen molar-refractivity contribution in [3.8, 4) is 0 Å². The van der Waals surface area contributed by atoms with Gasteiger partial charge in [-0.05, 0) is 39.5 Å². The minimum atomic E-state index is -0.428. The Morgan fingerprint density at radius 2 is 1.85 bits per heavy atom. The van der Waals surface area contributed by atoms with E-state index in [4.69, 9.17) is 11.6 Å². The van der Waals surface area contributed by atoms with E-state index in [0.717, 1.165) is 15.2 Å². The highest BCUT2D eigenvalue weighted by molar-refractivity contribution is 9.10. The Labute approximate surface area is 135 Å². The van der Waals surface area contributed by atoms with Crippen LogP contribution >= 0.6 is 43.5 Å². The molecule has 3 rings (SSSR count). The molecular weight excluding hydrogens is 411 g/mol. The lowest BCUT2D eigenvalue weighted by Gasteiger charge is -2.07. The second-order valence-corrected chi connectivity index (χ2v) is 6.30. The van der Waals surface area contributed by atoms with E-state index in [2.05, 4.69) is 36.8 Å². The van der Waals surface area contributed by atoms with Crippen LogP contribution in [0.1, 0.15) is 0 Å². The lowest BCUT2D eigenvalue weighted by molar-refractivity contribution is -0.385. The third-order valence-electron chi connectivity index (χ3n) is 2.97. The van der Waals surface area contributed by atoms with Gasteiger partial charge in [0.2, 0.25) is 0 Å². The molecule has 0 saturated carbocycles. The SMILES string of the molecule is O=[N+]([O-])c1cc2c(cc1Br)nc(Cl)c1cc(Br)ccc12. The number of nitro groups is 1. The molecule has 2 aromatic carbocycles. The van der Waals surface area contributed by atoms with Crippen molar-refractivity contribution in [1.82, 2.24) is 4.98 Å². The molecular formula is C13H5Br2ClN2O2. The first-order chi connectivity index (χ1) is 9.47. The van der Waals surface area contributed by atoms with Gasteiger partial charge in [-0.15, -0.1) is 0 Å². The molecule has 1 heterocycles. The monoisotopic (exact) mass is 414 g/mol. The Hall–Kier alpha value is -1.24. The van der Waals surface area contributed by atoms with Gasteiger partial charge in [0.15, 0.2) is 0 Å². The largest absolute Gasteiger partial charge is 0.284 e. The third kappa shape index (κ3) is 2.17. The summed E-state index contributed by atoms with van der Waals surface area (Å²) in [6.07, 6.45) is 0. The van der Waals surface area contributed by atoms with Crippen molar-refractivity contribution < 1.29 is 4.92 Å². The smallest absolute Gasteiger partial charge is 0.258 e. The molecule has 7 heteroatoms. The summed E-state index contributed by atoms with van der Waals surface area (Å²) in [7, 11) is 0.